The van der Waals surface area contributed by atoms with Crippen LogP contribution in [0.2, 0.25) is 0 Å². The van der Waals surface area contributed by atoms with Gasteiger partial charge in [0.1, 0.15) is 6.61 Å². The van der Waals surface area contributed by atoms with Gasteiger partial charge >= 0.3 is 5.97 Å². The van der Waals surface area contributed by atoms with Crippen LogP contribution >= 0.6 is 0 Å². The quantitative estimate of drug-likeness (QED) is 0.655. The van der Waals surface area contributed by atoms with E-state index in [0.717, 1.165) is 19.6 Å². The number of hydrogen-bond acceptors (Lipinski definition) is 4. The predicted molar refractivity (Wildman–Crippen MR) is 64.3 cm³/mol. The maximum absolute atomic E-state index is 11.6. The molecule has 4 nitrogen and oxygen atoms in total. The Kier molecular flexibility index (Phi) is 4.33. The average Bonchev–Trinajstić information content (AvgIpc) is 2.17. The number of esters is 1. The van der Waals surface area contributed by atoms with Gasteiger partial charge in [-0.25, -0.2) is 0 Å². The van der Waals surface area contributed by atoms with Crippen LogP contribution in [0.3, 0.4) is 0 Å². The van der Waals surface area contributed by atoms with Gasteiger partial charge < -0.3 is 9.64 Å². The molecule has 1 saturated heterocycles. The Hall–Kier alpha value is -0.610. The third kappa shape index (κ3) is 3.76. The van der Waals surface area contributed by atoms with Crippen molar-refractivity contribution in [3.63, 3.8) is 0 Å². The predicted octanol–water partition coefficient (Wildman–Crippen LogP) is 0.821. The minimum Gasteiger partial charge on any atom is -0.464 e. The molecule has 0 aromatic carbocycles. The van der Waals surface area contributed by atoms with Gasteiger partial charge in [-0.2, -0.15) is 0 Å². The van der Waals surface area contributed by atoms with E-state index in [0.29, 0.717) is 12.6 Å². The summed E-state index contributed by atoms with van der Waals surface area (Å²) in [5.74, 6) is -0.117. The van der Waals surface area contributed by atoms with Gasteiger partial charge in [0.05, 0.1) is 11.5 Å². The smallest absolute Gasteiger partial charge is 0.311 e. The highest BCUT2D eigenvalue weighted by Gasteiger charge is 2.27. The first kappa shape index (κ1) is 13.5. The minimum atomic E-state index is -0.404. The first-order valence-corrected chi connectivity index (χ1v) is 5.86. The molecule has 1 aliphatic rings. The summed E-state index contributed by atoms with van der Waals surface area (Å²) < 4.78 is 5.36. The van der Waals surface area contributed by atoms with E-state index >= 15 is 0 Å². The Morgan fingerprint density at radius 3 is 2.50 bits per heavy atom. The summed E-state index contributed by atoms with van der Waals surface area (Å²) in [4.78, 5) is 16.2. The second-order valence-electron chi connectivity index (χ2n) is 5.75. The molecule has 0 aromatic rings. The van der Waals surface area contributed by atoms with Crippen LogP contribution < -0.4 is 0 Å². The van der Waals surface area contributed by atoms with E-state index in [1.807, 2.05) is 20.8 Å². The zero-order valence-electron chi connectivity index (χ0n) is 11.1. The van der Waals surface area contributed by atoms with Crippen molar-refractivity contribution in [3.05, 3.63) is 0 Å². The maximum Gasteiger partial charge on any atom is 0.311 e. The Labute approximate surface area is 98.5 Å². The van der Waals surface area contributed by atoms with Crippen molar-refractivity contribution in [2.75, 3.05) is 40.3 Å². The molecular weight excluding hydrogens is 204 g/mol. The lowest BCUT2D eigenvalue weighted by molar-refractivity contribution is -0.155. The molecule has 0 aliphatic carbocycles. The number of ether oxygens (including phenoxy) is 1. The zero-order valence-corrected chi connectivity index (χ0v) is 11.1. The summed E-state index contributed by atoms with van der Waals surface area (Å²) in [6.07, 6.45) is 0. The molecule has 1 heterocycles. The number of likely N-dealkylation sites (N-methyl/N-ethyl adjacent to an activating group) is 2. The standard InChI is InChI=1S/C12H24N2O2/c1-12(2,3)11(15)16-9-10-8-13(4)6-7-14(10)5/h10H,6-9H2,1-5H3. The summed E-state index contributed by atoms with van der Waals surface area (Å²) in [5.41, 5.74) is -0.404. The van der Waals surface area contributed by atoms with E-state index in [1.165, 1.54) is 0 Å². The minimum absolute atomic E-state index is 0.117. The highest BCUT2D eigenvalue weighted by atomic mass is 16.5. The zero-order chi connectivity index (χ0) is 12.3. The average molecular weight is 228 g/mol. The number of nitrogens with zero attached hydrogens (tertiary/aromatic N) is 2. The van der Waals surface area contributed by atoms with Gasteiger partial charge in [-0.1, -0.05) is 0 Å². The van der Waals surface area contributed by atoms with E-state index in [1.54, 1.807) is 0 Å². The lowest BCUT2D eigenvalue weighted by atomic mass is 9.97. The maximum atomic E-state index is 11.6. The Balaban J connectivity index is 2.39. The molecule has 0 saturated carbocycles. The molecule has 0 bridgehead atoms. The highest BCUT2D eigenvalue weighted by molar-refractivity contribution is 5.75. The second kappa shape index (κ2) is 5.15. The van der Waals surface area contributed by atoms with Crippen LogP contribution in [0.4, 0.5) is 0 Å². The fourth-order valence-electron chi connectivity index (χ4n) is 1.67. The van der Waals surface area contributed by atoms with Crippen LogP contribution in [0.1, 0.15) is 20.8 Å². The summed E-state index contributed by atoms with van der Waals surface area (Å²) in [5, 5.41) is 0. The number of hydrogen-bond donors (Lipinski definition) is 0. The van der Waals surface area contributed by atoms with Crippen molar-refractivity contribution < 1.29 is 9.53 Å². The van der Waals surface area contributed by atoms with Crippen LogP contribution in [0.25, 0.3) is 0 Å². The molecule has 4 heteroatoms. The fraction of sp³-hybridized carbons (Fsp3) is 0.917. The largest absolute Gasteiger partial charge is 0.464 e. The van der Waals surface area contributed by atoms with Gasteiger partial charge in [-0.05, 0) is 34.9 Å². The summed E-state index contributed by atoms with van der Waals surface area (Å²) in [6, 6.07) is 0.324. The van der Waals surface area contributed by atoms with E-state index in [9.17, 15) is 4.79 Å². The monoisotopic (exact) mass is 228 g/mol. The number of piperazine rings is 1. The Bertz CT molecular complexity index is 248. The van der Waals surface area contributed by atoms with Crippen molar-refractivity contribution in [2.24, 2.45) is 5.41 Å². The van der Waals surface area contributed by atoms with E-state index < -0.39 is 5.41 Å². The SMILES string of the molecule is CN1CCN(C)C(COC(=O)C(C)(C)C)C1. The van der Waals surface area contributed by atoms with Crippen molar-refractivity contribution in [2.45, 2.75) is 26.8 Å². The van der Waals surface area contributed by atoms with Crippen molar-refractivity contribution in [1.82, 2.24) is 9.80 Å². The molecule has 0 aromatic heterocycles. The van der Waals surface area contributed by atoms with E-state index in [2.05, 4.69) is 23.9 Å². The first-order chi connectivity index (χ1) is 7.30. The van der Waals surface area contributed by atoms with Crippen LogP contribution in [0.15, 0.2) is 0 Å². The van der Waals surface area contributed by atoms with Gasteiger partial charge in [0.25, 0.3) is 0 Å². The molecule has 1 atom stereocenters. The fourth-order valence-corrected chi connectivity index (χ4v) is 1.67. The molecule has 0 spiro atoms. The number of carbonyl (C=O) groups is 1. The lowest BCUT2D eigenvalue weighted by Gasteiger charge is -2.37. The number of carbonyl (C=O) groups excluding carboxylic acids is 1. The summed E-state index contributed by atoms with van der Waals surface area (Å²) in [6.45, 7) is 9.23. The third-order valence-electron chi connectivity index (χ3n) is 3.00. The molecule has 0 radical (unpaired) electrons. The molecule has 1 fully saturated rings. The van der Waals surface area contributed by atoms with Gasteiger partial charge in [0.2, 0.25) is 0 Å². The topological polar surface area (TPSA) is 32.8 Å². The molecule has 94 valence electrons. The molecule has 1 aliphatic heterocycles. The number of rotatable bonds is 2. The van der Waals surface area contributed by atoms with E-state index in [-0.39, 0.29) is 5.97 Å². The Morgan fingerprint density at radius 2 is 1.94 bits per heavy atom. The molecule has 0 amide bonds. The molecule has 1 unspecified atom stereocenters. The van der Waals surface area contributed by atoms with E-state index in [4.69, 9.17) is 4.74 Å². The normalized spacial score (nSPS) is 24.4. The van der Waals surface area contributed by atoms with Gasteiger partial charge in [0, 0.05) is 19.6 Å². The van der Waals surface area contributed by atoms with Crippen LogP contribution in [0.5, 0.6) is 0 Å². The highest BCUT2D eigenvalue weighted by Crippen LogP contribution is 2.16. The first-order valence-electron chi connectivity index (χ1n) is 5.86. The van der Waals surface area contributed by atoms with Gasteiger partial charge in [-0.15, -0.1) is 0 Å². The van der Waals surface area contributed by atoms with Crippen LogP contribution in [-0.2, 0) is 9.53 Å². The van der Waals surface area contributed by atoms with Crippen LogP contribution in [0, 0.1) is 5.41 Å². The molecular formula is C12H24N2O2. The van der Waals surface area contributed by atoms with Crippen molar-refractivity contribution in [3.8, 4) is 0 Å². The second-order valence-corrected chi connectivity index (χ2v) is 5.75. The molecule has 0 N–H and O–H groups in total. The summed E-state index contributed by atoms with van der Waals surface area (Å²) in [7, 11) is 4.19. The lowest BCUT2D eigenvalue weighted by Crippen LogP contribution is -2.52. The Morgan fingerprint density at radius 1 is 1.31 bits per heavy atom. The summed E-state index contributed by atoms with van der Waals surface area (Å²) >= 11 is 0. The van der Waals surface area contributed by atoms with Crippen molar-refractivity contribution in [1.29, 1.82) is 0 Å². The van der Waals surface area contributed by atoms with Gasteiger partial charge in [-0.3, -0.25) is 9.69 Å². The molecule has 16 heavy (non-hydrogen) atoms. The third-order valence-corrected chi connectivity index (χ3v) is 3.00. The van der Waals surface area contributed by atoms with Crippen LogP contribution in [-0.4, -0.2) is 62.1 Å². The molecule has 1 rings (SSSR count). The van der Waals surface area contributed by atoms with Crippen molar-refractivity contribution >= 4 is 5.97 Å². The van der Waals surface area contributed by atoms with Gasteiger partial charge in [0.15, 0.2) is 0 Å².